The molecule has 1 aliphatic rings. The molecule has 0 radical (unpaired) electrons. The van der Waals surface area contributed by atoms with Crippen LogP contribution in [0.2, 0.25) is 0 Å². The first-order valence-electron chi connectivity index (χ1n) is 6.22. The van der Waals surface area contributed by atoms with E-state index in [2.05, 4.69) is 17.3 Å². The summed E-state index contributed by atoms with van der Waals surface area (Å²) in [6, 6.07) is 0.263. The van der Waals surface area contributed by atoms with Crippen LogP contribution in [0.1, 0.15) is 31.7 Å². The molecule has 1 fully saturated rings. The lowest BCUT2D eigenvalue weighted by atomic mass is 9.96. The van der Waals surface area contributed by atoms with Crippen molar-refractivity contribution >= 4 is 0 Å². The van der Waals surface area contributed by atoms with E-state index in [1.807, 2.05) is 17.1 Å². The van der Waals surface area contributed by atoms with Gasteiger partial charge in [-0.15, -0.1) is 0 Å². The van der Waals surface area contributed by atoms with Crippen molar-refractivity contribution < 1.29 is 5.11 Å². The van der Waals surface area contributed by atoms with E-state index in [0.29, 0.717) is 6.42 Å². The Hall–Kier alpha value is -0.870. The zero-order valence-electron chi connectivity index (χ0n) is 9.89. The van der Waals surface area contributed by atoms with Crippen molar-refractivity contribution in [1.29, 1.82) is 0 Å². The molecular formula is C12H21N3O. The van der Waals surface area contributed by atoms with E-state index in [9.17, 15) is 5.11 Å². The number of aryl methyl sites for hydroxylation is 1. The van der Waals surface area contributed by atoms with Gasteiger partial charge in [-0.05, 0) is 31.9 Å². The van der Waals surface area contributed by atoms with Gasteiger partial charge in [0.2, 0.25) is 0 Å². The molecule has 0 amide bonds. The van der Waals surface area contributed by atoms with Gasteiger partial charge < -0.3 is 10.4 Å². The maximum atomic E-state index is 10.1. The molecule has 90 valence electrons. The highest BCUT2D eigenvalue weighted by Gasteiger charge is 2.21. The average Bonchev–Trinajstić information content (AvgIpc) is 2.78. The van der Waals surface area contributed by atoms with Crippen LogP contribution in [0.15, 0.2) is 12.4 Å². The lowest BCUT2D eigenvalue weighted by molar-refractivity contribution is 0.113. The first kappa shape index (κ1) is 11.6. The lowest BCUT2D eigenvalue weighted by Crippen LogP contribution is -2.43. The van der Waals surface area contributed by atoms with Crippen LogP contribution in [0.3, 0.4) is 0 Å². The highest BCUT2D eigenvalue weighted by Crippen LogP contribution is 2.13. The van der Waals surface area contributed by atoms with Crippen molar-refractivity contribution in [2.45, 2.75) is 51.3 Å². The van der Waals surface area contributed by atoms with Gasteiger partial charge in [-0.25, -0.2) is 0 Å². The number of nitrogens with zero attached hydrogens (tertiary/aromatic N) is 2. The summed E-state index contributed by atoms with van der Waals surface area (Å²) in [5.41, 5.74) is 1.13. The molecule has 1 aromatic rings. The van der Waals surface area contributed by atoms with Crippen molar-refractivity contribution in [2.75, 3.05) is 6.54 Å². The molecule has 2 N–H and O–H groups in total. The molecule has 2 unspecified atom stereocenters. The van der Waals surface area contributed by atoms with E-state index in [4.69, 9.17) is 0 Å². The molecule has 4 nitrogen and oxygen atoms in total. The van der Waals surface area contributed by atoms with Crippen molar-refractivity contribution in [3.8, 4) is 0 Å². The fraction of sp³-hybridized carbons (Fsp3) is 0.750. The molecule has 0 bridgehead atoms. The molecule has 2 heterocycles. The van der Waals surface area contributed by atoms with Crippen LogP contribution in [0.4, 0.5) is 0 Å². The van der Waals surface area contributed by atoms with Crippen LogP contribution in [-0.4, -0.2) is 33.6 Å². The molecule has 1 saturated heterocycles. The Morgan fingerprint density at radius 3 is 3.12 bits per heavy atom. The Morgan fingerprint density at radius 2 is 2.50 bits per heavy atom. The molecule has 1 aliphatic heterocycles. The fourth-order valence-electron chi connectivity index (χ4n) is 2.28. The minimum atomic E-state index is -0.283. The summed E-state index contributed by atoms with van der Waals surface area (Å²) in [4.78, 5) is 0. The largest absolute Gasteiger partial charge is 0.391 e. The Labute approximate surface area is 96.7 Å². The first-order valence-corrected chi connectivity index (χ1v) is 6.22. The van der Waals surface area contributed by atoms with Gasteiger partial charge in [0.1, 0.15) is 0 Å². The van der Waals surface area contributed by atoms with Crippen molar-refractivity contribution in [3.63, 3.8) is 0 Å². The summed E-state index contributed by atoms with van der Waals surface area (Å²) in [7, 11) is 0. The molecular weight excluding hydrogens is 202 g/mol. The number of aliphatic hydroxyl groups excluding tert-OH is 1. The van der Waals surface area contributed by atoms with Crippen LogP contribution in [0, 0.1) is 0 Å². The van der Waals surface area contributed by atoms with Gasteiger partial charge in [-0.1, -0.05) is 6.42 Å². The number of aromatic nitrogens is 2. The summed E-state index contributed by atoms with van der Waals surface area (Å²) in [6.07, 6.45) is 7.84. The maximum Gasteiger partial charge on any atom is 0.0734 e. The smallest absolute Gasteiger partial charge is 0.0734 e. The number of nitrogens with one attached hydrogen (secondary N) is 1. The first-order chi connectivity index (χ1) is 7.79. The highest BCUT2D eigenvalue weighted by atomic mass is 16.3. The molecule has 1 aromatic heterocycles. The SMILES string of the molecule is CCn1cc(CC(O)C2CCCCN2)cn1. The lowest BCUT2D eigenvalue weighted by Gasteiger charge is -2.27. The number of hydrogen-bond donors (Lipinski definition) is 2. The number of rotatable bonds is 4. The van der Waals surface area contributed by atoms with E-state index in [-0.39, 0.29) is 12.1 Å². The van der Waals surface area contributed by atoms with Crippen LogP contribution >= 0.6 is 0 Å². The minimum absolute atomic E-state index is 0.263. The van der Waals surface area contributed by atoms with Crippen LogP contribution < -0.4 is 5.32 Å². The topological polar surface area (TPSA) is 50.1 Å². The summed E-state index contributed by atoms with van der Waals surface area (Å²) < 4.78 is 1.90. The van der Waals surface area contributed by atoms with Gasteiger partial charge in [0.25, 0.3) is 0 Å². The van der Waals surface area contributed by atoms with E-state index in [1.54, 1.807) is 0 Å². The van der Waals surface area contributed by atoms with Crippen molar-refractivity contribution in [1.82, 2.24) is 15.1 Å². The summed E-state index contributed by atoms with van der Waals surface area (Å²) in [6.45, 7) is 3.99. The van der Waals surface area contributed by atoms with E-state index < -0.39 is 0 Å². The zero-order chi connectivity index (χ0) is 11.4. The van der Waals surface area contributed by atoms with Crippen LogP contribution in [-0.2, 0) is 13.0 Å². The third-order valence-corrected chi connectivity index (χ3v) is 3.27. The molecule has 2 rings (SSSR count). The van der Waals surface area contributed by atoms with Gasteiger partial charge in [0.05, 0.1) is 12.3 Å². The highest BCUT2D eigenvalue weighted by molar-refractivity contribution is 5.06. The molecule has 0 aliphatic carbocycles. The summed E-state index contributed by atoms with van der Waals surface area (Å²) in [5, 5.41) is 17.7. The van der Waals surface area contributed by atoms with Crippen molar-refractivity contribution in [2.24, 2.45) is 0 Å². The minimum Gasteiger partial charge on any atom is -0.391 e. The molecule has 2 atom stereocenters. The normalized spacial score (nSPS) is 23.2. The zero-order valence-corrected chi connectivity index (χ0v) is 9.89. The Kier molecular flexibility index (Phi) is 3.96. The standard InChI is InChI=1S/C12H21N3O/c1-2-15-9-10(8-14-15)7-12(16)11-5-3-4-6-13-11/h8-9,11-13,16H,2-7H2,1H3. The monoisotopic (exact) mass is 223 g/mol. The Balaban J connectivity index is 1.87. The fourth-order valence-corrected chi connectivity index (χ4v) is 2.28. The second kappa shape index (κ2) is 5.46. The van der Waals surface area contributed by atoms with E-state index >= 15 is 0 Å². The van der Waals surface area contributed by atoms with E-state index in [0.717, 1.165) is 25.1 Å². The van der Waals surface area contributed by atoms with Gasteiger partial charge in [0.15, 0.2) is 0 Å². The summed E-state index contributed by atoms with van der Waals surface area (Å²) >= 11 is 0. The summed E-state index contributed by atoms with van der Waals surface area (Å²) in [5.74, 6) is 0. The third-order valence-electron chi connectivity index (χ3n) is 3.27. The Morgan fingerprint density at radius 1 is 1.62 bits per heavy atom. The van der Waals surface area contributed by atoms with Gasteiger partial charge in [0, 0.05) is 25.2 Å². The number of aliphatic hydroxyl groups is 1. The third kappa shape index (κ3) is 2.83. The molecule has 4 heteroatoms. The maximum absolute atomic E-state index is 10.1. The van der Waals surface area contributed by atoms with Crippen LogP contribution in [0.25, 0.3) is 0 Å². The molecule has 0 spiro atoms. The Bertz CT molecular complexity index is 318. The van der Waals surface area contributed by atoms with Gasteiger partial charge >= 0.3 is 0 Å². The second-order valence-corrected chi connectivity index (χ2v) is 4.53. The van der Waals surface area contributed by atoms with Crippen molar-refractivity contribution in [3.05, 3.63) is 18.0 Å². The molecule has 0 aromatic carbocycles. The predicted octanol–water partition coefficient (Wildman–Crippen LogP) is 0.948. The second-order valence-electron chi connectivity index (χ2n) is 4.53. The molecule has 0 saturated carbocycles. The quantitative estimate of drug-likeness (QED) is 0.799. The van der Waals surface area contributed by atoms with Gasteiger partial charge in [-0.2, -0.15) is 5.10 Å². The molecule has 16 heavy (non-hydrogen) atoms. The number of hydrogen-bond acceptors (Lipinski definition) is 3. The average molecular weight is 223 g/mol. The van der Waals surface area contributed by atoms with E-state index in [1.165, 1.54) is 12.8 Å². The van der Waals surface area contributed by atoms with Gasteiger partial charge in [-0.3, -0.25) is 4.68 Å². The number of piperidine rings is 1. The predicted molar refractivity (Wildman–Crippen MR) is 63.3 cm³/mol. The van der Waals surface area contributed by atoms with Crippen LogP contribution in [0.5, 0.6) is 0 Å².